The Morgan fingerprint density at radius 2 is 2.06 bits per heavy atom. The Balaban J connectivity index is 2.33. The molecule has 0 aromatic heterocycles. The van der Waals surface area contributed by atoms with Crippen molar-refractivity contribution in [1.29, 1.82) is 0 Å². The number of carboxylic acid groups (broad SMARTS) is 1. The SMILES string of the molecule is O=C(O)C1CNC(c2cc(F)c(Cl)c(F)c2F)C1. The number of hydrogen-bond donors (Lipinski definition) is 2. The molecule has 0 amide bonds. The van der Waals surface area contributed by atoms with Gasteiger partial charge in [-0.1, -0.05) is 11.6 Å². The zero-order valence-corrected chi connectivity index (χ0v) is 9.77. The molecule has 2 rings (SSSR count). The van der Waals surface area contributed by atoms with E-state index in [0.717, 1.165) is 6.07 Å². The lowest BCUT2D eigenvalue weighted by molar-refractivity contribution is -0.141. The summed E-state index contributed by atoms with van der Waals surface area (Å²) in [4.78, 5) is 10.7. The average molecular weight is 280 g/mol. The molecule has 0 radical (unpaired) electrons. The second kappa shape index (κ2) is 4.78. The first-order valence-corrected chi connectivity index (χ1v) is 5.58. The van der Waals surface area contributed by atoms with E-state index in [-0.39, 0.29) is 18.5 Å². The van der Waals surface area contributed by atoms with Gasteiger partial charge in [-0.25, -0.2) is 13.2 Å². The molecule has 1 fully saturated rings. The maximum atomic E-state index is 13.6. The summed E-state index contributed by atoms with van der Waals surface area (Å²) in [6.45, 7) is 0.130. The molecule has 2 atom stereocenters. The van der Waals surface area contributed by atoms with Crippen LogP contribution in [0.1, 0.15) is 18.0 Å². The second-order valence-electron chi connectivity index (χ2n) is 4.12. The first-order valence-electron chi connectivity index (χ1n) is 5.21. The van der Waals surface area contributed by atoms with E-state index < -0.39 is 40.4 Å². The van der Waals surface area contributed by atoms with Gasteiger partial charge in [0.05, 0.1) is 5.92 Å². The molecule has 0 saturated carbocycles. The molecule has 0 aliphatic carbocycles. The number of hydrogen-bond acceptors (Lipinski definition) is 2. The molecule has 1 aromatic carbocycles. The molecule has 1 aliphatic rings. The van der Waals surface area contributed by atoms with Gasteiger partial charge in [0.1, 0.15) is 10.8 Å². The summed E-state index contributed by atoms with van der Waals surface area (Å²) in [5.41, 5.74) is -0.238. The van der Waals surface area contributed by atoms with Gasteiger partial charge in [0, 0.05) is 18.2 Å². The highest BCUT2D eigenvalue weighted by Gasteiger charge is 2.33. The maximum absolute atomic E-state index is 13.6. The van der Waals surface area contributed by atoms with Crippen molar-refractivity contribution >= 4 is 17.6 Å². The average Bonchev–Trinajstić information content (AvgIpc) is 2.80. The number of aliphatic carboxylic acids is 1. The van der Waals surface area contributed by atoms with Crippen molar-refractivity contribution in [3.05, 3.63) is 34.1 Å². The summed E-state index contributed by atoms with van der Waals surface area (Å²) in [6, 6.07) is 0.0650. The molecule has 1 heterocycles. The highest BCUT2D eigenvalue weighted by molar-refractivity contribution is 6.30. The lowest BCUT2D eigenvalue weighted by Gasteiger charge is -2.13. The number of carboxylic acids is 1. The van der Waals surface area contributed by atoms with Crippen LogP contribution in [0.4, 0.5) is 13.2 Å². The van der Waals surface area contributed by atoms with E-state index in [9.17, 15) is 18.0 Å². The van der Waals surface area contributed by atoms with Gasteiger partial charge in [-0.3, -0.25) is 4.79 Å². The molecule has 1 saturated heterocycles. The van der Waals surface area contributed by atoms with Crippen molar-refractivity contribution in [2.45, 2.75) is 12.5 Å². The third-order valence-corrected chi connectivity index (χ3v) is 3.33. The second-order valence-corrected chi connectivity index (χ2v) is 4.50. The van der Waals surface area contributed by atoms with Crippen LogP contribution in [0.3, 0.4) is 0 Å². The predicted octanol–water partition coefficient (Wildman–Crippen LogP) is 2.49. The van der Waals surface area contributed by atoms with E-state index in [1.165, 1.54) is 0 Å². The Kier molecular flexibility index (Phi) is 3.49. The molecule has 0 bridgehead atoms. The van der Waals surface area contributed by atoms with Crippen molar-refractivity contribution < 1.29 is 23.1 Å². The molecule has 2 unspecified atom stereocenters. The van der Waals surface area contributed by atoms with Crippen LogP contribution in [0.5, 0.6) is 0 Å². The van der Waals surface area contributed by atoms with E-state index in [0.29, 0.717) is 0 Å². The summed E-state index contributed by atoms with van der Waals surface area (Å²) in [7, 11) is 0. The van der Waals surface area contributed by atoms with Gasteiger partial charge in [0.25, 0.3) is 0 Å². The Bertz CT molecular complexity index is 510. The minimum Gasteiger partial charge on any atom is -0.481 e. The van der Waals surface area contributed by atoms with Crippen molar-refractivity contribution in [3.8, 4) is 0 Å². The van der Waals surface area contributed by atoms with Gasteiger partial charge in [0.2, 0.25) is 0 Å². The van der Waals surface area contributed by atoms with Crippen LogP contribution in [0.2, 0.25) is 5.02 Å². The summed E-state index contributed by atoms with van der Waals surface area (Å²) in [5.74, 6) is -5.49. The molecule has 2 N–H and O–H groups in total. The molecule has 7 heteroatoms. The topological polar surface area (TPSA) is 49.3 Å². The summed E-state index contributed by atoms with van der Waals surface area (Å²) in [5, 5.41) is 10.6. The van der Waals surface area contributed by atoms with Gasteiger partial charge >= 0.3 is 5.97 Å². The number of halogens is 4. The van der Waals surface area contributed by atoms with Gasteiger partial charge < -0.3 is 10.4 Å². The number of nitrogens with one attached hydrogen (secondary N) is 1. The number of rotatable bonds is 2. The zero-order chi connectivity index (χ0) is 13.4. The van der Waals surface area contributed by atoms with Crippen molar-refractivity contribution in [1.82, 2.24) is 5.32 Å². The smallest absolute Gasteiger partial charge is 0.307 e. The zero-order valence-electron chi connectivity index (χ0n) is 9.01. The van der Waals surface area contributed by atoms with Crippen LogP contribution in [0, 0.1) is 23.4 Å². The number of carbonyl (C=O) groups is 1. The van der Waals surface area contributed by atoms with Gasteiger partial charge in [0.15, 0.2) is 11.6 Å². The Morgan fingerprint density at radius 3 is 2.61 bits per heavy atom. The monoisotopic (exact) mass is 279 g/mol. The molecular formula is C11H9ClF3NO2. The molecule has 1 aromatic rings. The highest BCUT2D eigenvalue weighted by Crippen LogP contribution is 2.33. The van der Waals surface area contributed by atoms with E-state index in [4.69, 9.17) is 16.7 Å². The third kappa shape index (κ3) is 2.18. The molecule has 1 aliphatic heterocycles. The van der Waals surface area contributed by atoms with E-state index >= 15 is 0 Å². The first kappa shape index (κ1) is 13.2. The Hall–Kier alpha value is -1.27. The Labute approximate surface area is 106 Å². The lowest BCUT2D eigenvalue weighted by atomic mass is 9.99. The fraction of sp³-hybridized carbons (Fsp3) is 0.364. The van der Waals surface area contributed by atoms with Gasteiger partial charge in [-0.05, 0) is 12.5 Å². The van der Waals surface area contributed by atoms with Crippen molar-refractivity contribution in [3.63, 3.8) is 0 Å². The molecule has 18 heavy (non-hydrogen) atoms. The Morgan fingerprint density at radius 1 is 1.39 bits per heavy atom. The summed E-state index contributed by atoms with van der Waals surface area (Å²) in [6.07, 6.45) is 0.0762. The lowest BCUT2D eigenvalue weighted by Crippen LogP contribution is -2.18. The third-order valence-electron chi connectivity index (χ3n) is 2.99. The number of benzene rings is 1. The van der Waals surface area contributed by atoms with E-state index in [1.807, 2.05) is 0 Å². The van der Waals surface area contributed by atoms with Crippen molar-refractivity contribution in [2.75, 3.05) is 6.54 Å². The molecular weight excluding hydrogens is 271 g/mol. The summed E-state index contributed by atoms with van der Waals surface area (Å²) >= 11 is 5.24. The van der Waals surface area contributed by atoms with E-state index in [2.05, 4.69) is 5.32 Å². The van der Waals surface area contributed by atoms with Crippen LogP contribution in [-0.4, -0.2) is 17.6 Å². The first-order chi connectivity index (χ1) is 8.41. The largest absolute Gasteiger partial charge is 0.481 e. The van der Waals surface area contributed by atoms with Gasteiger partial charge in [-0.15, -0.1) is 0 Å². The standard InChI is InChI=1S/C11H9ClF3NO2/c12-8-6(13)2-5(9(14)10(8)15)7-1-4(3-16-7)11(17)18/h2,4,7,16H,1,3H2,(H,17,18). The van der Waals surface area contributed by atoms with Gasteiger partial charge in [-0.2, -0.15) is 0 Å². The molecule has 3 nitrogen and oxygen atoms in total. The normalized spacial score (nSPS) is 23.3. The van der Waals surface area contributed by atoms with Crippen LogP contribution in [0.25, 0.3) is 0 Å². The van der Waals surface area contributed by atoms with Crippen LogP contribution < -0.4 is 5.32 Å². The van der Waals surface area contributed by atoms with Crippen molar-refractivity contribution in [2.24, 2.45) is 5.92 Å². The highest BCUT2D eigenvalue weighted by atomic mass is 35.5. The van der Waals surface area contributed by atoms with Crippen LogP contribution >= 0.6 is 11.6 Å². The van der Waals surface area contributed by atoms with Crippen LogP contribution in [0.15, 0.2) is 6.07 Å². The fourth-order valence-corrected chi connectivity index (χ4v) is 2.14. The fourth-order valence-electron chi connectivity index (χ4n) is 2.01. The molecule has 98 valence electrons. The minimum atomic E-state index is -1.45. The predicted molar refractivity (Wildman–Crippen MR) is 57.8 cm³/mol. The quantitative estimate of drug-likeness (QED) is 0.646. The molecule has 0 spiro atoms. The van der Waals surface area contributed by atoms with E-state index in [1.54, 1.807) is 0 Å². The summed E-state index contributed by atoms with van der Waals surface area (Å²) < 4.78 is 40.1. The maximum Gasteiger partial charge on any atom is 0.307 e. The minimum absolute atomic E-state index is 0.0762. The van der Waals surface area contributed by atoms with Crippen LogP contribution in [-0.2, 0) is 4.79 Å².